The summed E-state index contributed by atoms with van der Waals surface area (Å²) in [6.07, 6.45) is 0.818. The van der Waals surface area contributed by atoms with E-state index in [1.54, 1.807) is 0 Å². The molecule has 0 aliphatic carbocycles. The molecule has 0 N–H and O–H groups in total. The van der Waals surface area contributed by atoms with Crippen LogP contribution in [0.3, 0.4) is 0 Å². The highest BCUT2D eigenvalue weighted by Crippen LogP contribution is 2.18. The van der Waals surface area contributed by atoms with E-state index in [9.17, 15) is 4.79 Å². The zero-order valence-corrected chi connectivity index (χ0v) is 7.92. The van der Waals surface area contributed by atoms with Crippen LogP contribution in [-0.4, -0.2) is 25.3 Å². The maximum atomic E-state index is 11.3. The van der Waals surface area contributed by atoms with E-state index in [4.69, 9.17) is 9.47 Å². The van der Waals surface area contributed by atoms with E-state index in [-0.39, 0.29) is 12.1 Å². The van der Waals surface area contributed by atoms with E-state index >= 15 is 0 Å². The number of rotatable bonds is 1. The van der Waals surface area contributed by atoms with Gasteiger partial charge in [-0.15, -0.1) is 0 Å². The second-order valence-electron chi connectivity index (χ2n) is 4.14. The second-order valence-corrected chi connectivity index (χ2v) is 4.14. The zero-order valence-electron chi connectivity index (χ0n) is 7.92. The Hall–Kier alpha value is -0.570. The fourth-order valence-corrected chi connectivity index (χ4v) is 0.934. The number of carbonyl (C=O) groups is 1. The van der Waals surface area contributed by atoms with Crippen molar-refractivity contribution in [1.29, 1.82) is 0 Å². The van der Waals surface area contributed by atoms with Crippen LogP contribution in [-0.2, 0) is 14.3 Å². The second kappa shape index (κ2) is 3.44. The van der Waals surface area contributed by atoms with Crippen LogP contribution in [0, 0.1) is 5.41 Å². The summed E-state index contributed by atoms with van der Waals surface area (Å²) in [5.74, 6) is -0.141. The molecule has 0 aromatic rings. The summed E-state index contributed by atoms with van der Waals surface area (Å²) in [5.41, 5.74) is -0.400. The molecule has 1 aliphatic heterocycles. The predicted octanol–water partition coefficient (Wildman–Crippen LogP) is 1.36. The smallest absolute Gasteiger partial charge is 0.311 e. The van der Waals surface area contributed by atoms with Crippen LogP contribution in [0.15, 0.2) is 0 Å². The van der Waals surface area contributed by atoms with Gasteiger partial charge in [0.2, 0.25) is 0 Å². The predicted molar refractivity (Wildman–Crippen MR) is 44.8 cm³/mol. The number of hydrogen-bond donors (Lipinski definition) is 0. The summed E-state index contributed by atoms with van der Waals surface area (Å²) in [6.45, 7) is 6.82. The third kappa shape index (κ3) is 2.48. The molecular weight excluding hydrogens is 156 g/mol. The summed E-state index contributed by atoms with van der Waals surface area (Å²) < 4.78 is 10.3. The first-order valence-electron chi connectivity index (χ1n) is 4.29. The van der Waals surface area contributed by atoms with Gasteiger partial charge in [0.1, 0.15) is 6.10 Å². The molecule has 0 unspecified atom stereocenters. The lowest BCUT2D eigenvalue weighted by molar-refractivity contribution is -0.158. The summed E-state index contributed by atoms with van der Waals surface area (Å²) in [5, 5.41) is 0. The number of hydrogen-bond acceptors (Lipinski definition) is 3. The van der Waals surface area contributed by atoms with Gasteiger partial charge in [0.25, 0.3) is 0 Å². The Morgan fingerprint density at radius 3 is 2.58 bits per heavy atom. The quantitative estimate of drug-likeness (QED) is 0.560. The molecule has 70 valence electrons. The van der Waals surface area contributed by atoms with Crippen LogP contribution in [0.4, 0.5) is 0 Å². The molecule has 0 aromatic heterocycles. The molecule has 3 heteroatoms. The number of esters is 1. The first-order chi connectivity index (χ1) is 5.50. The first kappa shape index (κ1) is 9.52. The molecule has 12 heavy (non-hydrogen) atoms. The topological polar surface area (TPSA) is 35.5 Å². The largest absolute Gasteiger partial charge is 0.459 e. The average Bonchev–Trinajstić information content (AvgIpc) is 2.37. The molecule has 0 bridgehead atoms. The van der Waals surface area contributed by atoms with Crippen molar-refractivity contribution >= 4 is 5.97 Å². The van der Waals surface area contributed by atoms with Gasteiger partial charge in [0.05, 0.1) is 18.6 Å². The maximum absolute atomic E-state index is 11.3. The Morgan fingerprint density at radius 2 is 2.17 bits per heavy atom. The molecule has 1 fully saturated rings. The first-order valence-corrected chi connectivity index (χ1v) is 4.29. The molecule has 0 radical (unpaired) electrons. The maximum Gasteiger partial charge on any atom is 0.311 e. The molecule has 0 amide bonds. The van der Waals surface area contributed by atoms with Crippen LogP contribution in [0.1, 0.15) is 27.2 Å². The van der Waals surface area contributed by atoms with Gasteiger partial charge in [0.15, 0.2) is 0 Å². The van der Waals surface area contributed by atoms with Gasteiger partial charge in [-0.1, -0.05) is 0 Å². The zero-order chi connectivity index (χ0) is 9.19. The minimum atomic E-state index is -0.400. The van der Waals surface area contributed by atoms with E-state index in [0.717, 1.165) is 6.42 Å². The highest BCUT2D eigenvalue weighted by atomic mass is 16.6. The Bertz CT molecular complexity index is 163. The molecule has 1 heterocycles. The fourth-order valence-electron chi connectivity index (χ4n) is 0.934. The summed E-state index contributed by atoms with van der Waals surface area (Å²) in [6, 6.07) is 0. The molecule has 1 aliphatic rings. The minimum Gasteiger partial charge on any atom is -0.459 e. The van der Waals surface area contributed by atoms with Crippen LogP contribution < -0.4 is 0 Å². The van der Waals surface area contributed by atoms with E-state index in [2.05, 4.69) is 0 Å². The highest BCUT2D eigenvalue weighted by Gasteiger charge is 2.27. The van der Waals surface area contributed by atoms with Crippen molar-refractivity contribution in [3.63, 3.8) is 0 Å². The van der Waals surface area contributed by atoms with Crippen molar-refractivity contribution in [3.8, 4) is 0 Å². The van der Waals surface area contributed by atoms with Crippen molar-refractivity contribution in [2.24, 2.45) is 5.41 Å². The summed E-state index contributed by atoms with van der Waals surface area (Å²) in [7, 11) is 0. The van der Waals surface area contributed by atoms with E-state index < -0.39 is 5.41 Å². The van der Waals surface area contributed by atoms with Gasteiger partial charge in [-0.05, 0) is 20.8 Å². The summed E-state index contributed by atoms with van der Waals surface area (Å²) >= 11 is 0. The molecule has 0 spiro atoms. The van der Waals surface area contributed by atoms with Gasteiger partial charge < -0.3 is 9.47 Å². The van der Waals surface area contributed by atoms with E-state index in [1.807, 2.05) is 20.8 Å². The number of carbonyl (C=O) groups excluding carboxylic acids is 1. The molecule has 1 atom stereocenters. The summed E-state index contributed by atoms with van der Waals surface area (Å²) in [4.78, 5) is 11.3. The van der Waals surface area contributed by atoms with Gasteiger partial charge in [-0.25, -0.2) is 0 Å². The van der Waals surface area contributed by atoms with Gasteiger partial charge in [0, 0.05) is 6.42 Å². The Kier molecular flexibility index (Phi) is 2.73. The Balaban J connectivity index is 2.35. The molecular formula is C9H16O3. The molecule has 3 nitrogen and oxygen atoms in total. The third-order valence-electron chi connectivity index (χ3n) is 1.77. The van der Waals surface area contributed by atoms with Crippen LogP contribution in [0.25, 0.3) is 0 Å². The van der Waals surface area contributed by atoms with Crippen molar-refractivity contribution in [2.75, 3.05) is 13.2 Å². The van der Waals surface area contributed by atoms with Gasteiger partial charge in [-0.3, -0.25) is 4.79 Å². The average molecular weight is 172 g/mol. The molecule has 0 saturated carbocycles. The SMILES string of the molecule is CC(C)(C)C(=O)O[C@H]1CCOC1. The van der Waals surface area contributed by atoms with Crippen molar-refractivity contribution in [3.05, 3.63) is 0 Å². The normalized spacial score (nSPS) is 24.1. The molecule has 1 saturated heterocycles. The standard InChI is InChI=1S/C9H16O3/c1-9(2,3)8(10)12-7-4-5-11-6-7/h7H,4-6H2,1-3H3/t7-/m0/s1. The highest BCUT2D eigenvalue weighted by molar-refractivity contribution is 5.75. The van der Waals surface area contributed by atoms with Crippen LogP contribution in [0.2, 0.25) is 0 Å². The molecule has 0 aromatic carbocycles. The lowest BCUT2D eigenvalue weighted by Crippen LogP contribution is -2.28. The third-order valence-corrected chi connectivity index (χ3v) is 1.77. The Labute approximate surface area is 73.0 Å². The minimum absolute atomic E-state index is 0.0169. The van der Waals surface area contributed by atoms with E-state index in [0.29, 0.717) is 13.2 Å². The van der Waals surface area contributed by atoms with Gasteiger partial charge >= 0.3 is 5.97 Å². The Morgan fingerprint density at radius 1 is 1.50 bits per heavy atom. The lowest BCUT2D eigenvalue weighted by Gasteiger charge is -2.19. The van der Waals surface area contributed by atoms with Crippen molar-refractivity contribution in [2.45, 2.75) is 33.3 Å². The molecule has 1 rings (SSSR count). The van der Waals surface area contributed by atoms with Crippen LogP contribution in [0.5, 0.6) is 0 Å². The van der Waals surface area contributed by atoms with Crippen molar-refractivity contribution < 1.29 is 14.3 Å². The monoisotopic (exact) mass is 172 g/mol. The number of ether oxygens (including phenoxy) is 2. The van der Waals surface area contributed by atoms with Gasteiger partial charge in [-0.2, -0.15) is 0 Å². The fraction of sp³-hybridized carbons (Fsp3) is 0.889. The van der Waals surface area contributed by atoms with E-state index in [1.165, 1.54) is 0 Å². The lowest BCUT2D eigenvalue weighted by atomic mass is 9.97. The van der Waals surface area contributed by atoms with Crippen LogP contribution >= 0.6 is 0 Å². The van der Waals surface area contributed by atoms with Crippen molar-refractivity contribution in [1.82, 2.24) is 0 Å².